The lowest BCUT2D eigenvalue weighted by atomic mass is 10.1. The molecule has 0 unspecified atom stereocenters. The number of Topliss-reactive ketones (excluding diaryl/α,β-unsaturated/α-hetero) is 1. The molecule has 0 amide bonds. The van der Waals surface area contributed by atoms with E-state index in [1.165, 1.54) is 18.0 Å². The molecule has 1 N–H and O–H groups in total. The highest BCUT2D eigenvalue weighted by molar-refractivity contribution is 7.99. The quantitative estimate of drug-likeness (QED) is 0.568. The van der Waals surface area contributed by atoms with Gasteiger partial charge in [0.15, 0.2) is 5.78 Å². The molecular formula is C15H24N2O4S3. The van der Waals surface area contributed by atoms with E-state index in [2.05, 4.69) is 4.72 Å². The third-order valence-corrected chi connectivity index (χ3v) is 7.81. The molecule has 0 atom stereocenters. The lowest BCUT2D eigenvalue weighted by Crippen LogP contribution is -2.40. The average Bonchev–Trinajstić information content (AvgIpc) is 2.86. The van der Waals surface area contributed by atoms with Gasteiger partial charge in [-0.05, 0) is 51.6 Å². The number of fused-ring (bicyclic) bond motifs is 1. The number of sulfonamides is 1. The van der Waals surface area contributed by atoms with Gasteiger partial charge in [-0.25, -0.2) is 17.4 Å². The van der Waals surface area contributed by atoms with Gasteiger partial charge >= 0.3 is 0 Å². The maximum absolute atomic E-state index is 12.4. The van der Waals surface area contributed by atoms with Crippen LogP contribution in [-0.4, -0.2) is 50.9 Å². The smallest absolute Gasteiger partial charge is 0.250 e. The minimum Gasteiger partial charge on any atom is -0.385 e. The zero-order chi connectivity index (χ0) is 18.0. The number of carbonyl (C=O) groups is 1. The summed E-state index contributed by atoms with van der Waals surface area (Å²) in [5.74, 6) is -0.0241. The van der Waals surface area contributed by atoms with Gasteiger partial charge in [0, 0.05) is 31.4 Å². The van der Waals surface area contributed by atoms with Crippen molar-refractivity contribution in [2.45, 2.75) is 47.6 Å². The summed E-state index contributed by atoms with van der Waals surface area (Å²) in [5.41, 5.74) is -0.0409. The molecule has 0 radical (unpaired) electrons. The number of hydrogen-bond donors (Lipinski definition) is 1. The highest BCUT2D eigenvalue weighted by Crippen LogP contribution is 2.40. The van der Waals surface area contributed by atoms with E-state index >= 15 is 0 Å². The summed E-state index contributed by atoms with van der Waals surface area (Å²) in [4.78, 5) is 12.3. The van der Waals surface area contributed by atoms with Crippen molar-refractivity contribution >= 4 is 39.1 Å². The molecule has 1 aliphatic rings. The Kier molecular flexibility index (Phi) is 6.49. The number of carbonyl (C=O) groups excluding carboxylic acids is 1. The molecule has 1 aromatic rings. The molecule has 0 saturated heterocycles. The maximum atomic E-state index is 12.4. The second kappa shape index (κ2) is 7.84. The first-order valence-corrected chi connectivity index (χ1v) is 10.8. The average molecular weight is 393 g/mol. The molecule has 2 heterocycles. The van der Waals surface area contributed by atoms with Crippen LogP contribution in [0.1, 0.15) is 44.0 Å². The van der Waals surface area contributed by atoms with E-state index in [9.17, 15) is 13.2 Å². The number of rotatable bonds is 7. The first-order valence-electron chi connectivity index (χ1n) is 7.75. The van der Waals surface area contributed by atoms with Crippen molar-refractivity contribution in [3.05, 3.63) is 11.6 Å². The molecule has 1 aliphatic heterocycles. The molecule has 2 rings (SSSR count). The Morgan fingerprint density at radius 2 is 2.04 bits per heavy atom. The second-order valence-corrected chi connectivity index (χ2v) is 11.0. The number of nitrogens with one attached hydrogen (secondary N) is 1. The van der Waals surface area contributed by atoms with Crippen molar-refractivity contribution in [2.75, 3.05) is 26.8 Å². The Balaban J connectivity index is 2.11. The van der Waals surface area contributed by atoms with Crippen LogP contribution in [0.25, 0.3) is 0 Å². The molecule has 24 heavy (non-hydrogen) atoms. The highest BCUT2D eigenvalue weighted by Gasteiger charge is 2.31. The van der Waals surface area contributed by atoms with Crippen LogP contribution in [0.5, 0.6) is 0 Å². The van der Waals surface area contributed by atoms with Crippen LogP contribution >= 0.6 is 23.3 Å². The third-order valence-electron chi connectivity index (χ3n) is 3.22. The van der Waals surface area contributed by atoms with Crippen LogP contribution < -0.4 is 4.72 Å². The Morgan fingerprint density at radius 1 is 1.33 bits per heavy atom. The zero-order valence-corrected chi connectivity index (χ0v) is 16.9. The van der Waals surface area contributed by atoms with Crippen LogP contribution in [-0.2, 0) is 14.8 Å². The van der Waals surface area contributed by atoms with Gasteiger partial charge in [-0.15, -0.1) is 11.3 Å². The molecule has 0 aliphatic carbocycles. The summed E-state index contributed by atoms with van der Waals surface area (Å²) >= 11 is 2.63. The molecule has 0 fully saturated rings. The van der Waals surface area contributed by atoms with Gasteiger partial charge in [0.2, 0.25) is 0 Å². The Bertz CT molecular complexity index is 692. The van der Waals surface area contributed by atoms with E-state index in [0.29, 0.717) is 18.7 Å². The van der Waals surface area contributed by atoms with Gasteiger partial charge in [-0.1, -0.05) is 0 Å². The molecule has 0 saturated carbocycles. The Morgan fingerprint density at radius 3 is 2.67 bits per heavy atom. The van der Waals surface area contributed by atoms with Crippen molar-refractivity contribution in [3.63, 3.8) is 0 Å². The van der Waals surface area contributed by atoms with Crippen LogP contribution in [0, 0.1) is 0 Å². The molecule has 136 valence electrons. The number of nitrogens with zero attached hydrogens (tertiary/aromatic N) is 1. The number of ketones is 1. The van der Waals surface area contributed by atoms with Gasteiger partial charge in [0.05, 0.1) is 10.8 Å². The van der Waals surface area contributed by atoms with Gasteiger partial charge < -0.3 is 4.74 Å². The van der Waals surface area contributed by atoms with E-state index in [4.69, 9.17) is 4.74 Å². The summed E-state index contributed by atoms with van der Waals surface area (Å²) in [7, 11) is -1.94. The second-order valence-electron chi connectivity index (χ2n) is 6.70. The lowest BCUT2D eigenvalue weighted by Gasteiger charge is -2.23. The first kappa shape index (κ1) is 19.9. The van der Waals surface area contributed by atoms with Crippen molar-refractivity contribution in [1.29, 1.82) is 0 Å². The first-order chi connectivity index (χ1) is 11.1. The van der Waals surface area contributed by atoms with Crippen molar-refractivity contribution in [3.8, 4) is 0 Å². The SMILES string of the molecule is COCCCCN1CC(=O)c2cc(S(=O)(=O)NC(C)(C)C)sc2S1. The summed E-state index contributed by atoms with van der Waals surface area (Å²) in [5, 5.41) is 0. The summed E-state index contributed by atoms with van der Waals surface area (Å²) in [6.45, 7) is 7.17. The van der Waals surface area contributed by atoms with Crippen molar-refractivity contribution in [2.24, 2.45) is 0 Å². The monoisotopic (exact) mass is 392 g/mol. The van der Waals surface area contributed by atoms with Gasteiger partial charge in [0.1, 0.15) is 4.21 Å². The third kappa shape index (κ3) is 5.27. The van der Waals surface area contributed by atoms with Crippen LogP contribution in [0.2, 0.25) is 0 Å². The van der Waals surface area contributed by atoms with Crippen LogP contribution in [0.15, 0.2) is 14.5 Å². The molecular weight excluding hydrogens is 368 g/mol. The van der Waals surface area contributed by atoms with Crippen molar-refractivity contribution < 1.29 is 17.9 Å². The number of methoxy groups -OCH3 is 1. The number of unbranched alkanes of at least 4 members (excludes halogenated alkanes) is 1. The van der Waals surface area contributed by atoms with Crippen LogP contribution in [0.4, 0.5) is 0 Å². The normalized spacial score (nSPS) is 16.4. The fourth-order valence-electron chi connectivity index (χ4n) is 2.25. The summed E-state index contributed by atoms with van der Waals surface area (Å²) < 4.78 is 35.5. The number of thiophene rings is 1. The zero-order valence-electron chi connectivity index (χ0n) is 14.4. The van der Waals surface area contributed by atoms with Gasteiger partial charge in [-0.2, -0.15) is 0 Å². The molecule has 9 heteroatoms. The fraction of sp³-hybridized carbons (Fsp3) is 0.667. The molecule has 6 nitrogen and oxygen atoms in total. The maximum Gasteiger partial charge on any atom is 0.250 e. The molecule has 0 spiro atoms. The van der Waals surface area contributed by atoms with E-state index in [1.54, 1.807) is 27.9 Å². The van der Waals surface area contributed by atoms with E-state index < -0.39 is 15.6 Å². The fourth-order valence-corrected chi connectivity index (χ4v) is 6.69. The van der Waals surface area contributed by atoms with Crippen LogP contribution in [0.3, 0.4) is 0 Å². The standard InChI is InChI=1S/C15H24N2O4S3/c1-15(2,3)16-24(19,20)13-9-11-12(18)10-17(23-14(11)22-13)7-5-6-8-21-4/h9,16H,5-8,10H2,1-4H3. The minimum absolute atomic E-state index is 0.0241. The number of hydrogen-bond acceptors (Lipinski definition) is 7. The van der Waals surface area contributed by atoms with Crippen molar-refractivity contribution in [1.82, 2.24) is 9.03 Å². The van der Waals surface area contributed by atoms with E-state index in [0.717, 1.165) is 34.9 Å². The van der Waals surface area contributed by atoms with E-state index in [-0.39, 0.29) is 9.99 Å². The summed E-state index contributed by atoms with van der Waals surface area (Å²) in [6.07, 6.45) is 1.87. The number of ether oxygens (including phenoxy) is 1. The predicted molar refractivity (Wildman–Crippen MR) is 97.3 cm³/mol. The largest absolute Gasteiger partial charge is 0.385 e. The molecule has 0 bridgehead atoms. The van der Waals surface area contributed by atoms with Gasteiger partial charge in [-0.3, -0.25) is 4.79 Å². The molecule has 1 aromatic heterocycles. The predicted octanol–water partition coefficient (Wildman–Crippen LogP) is 2.76. The minimum atomic E-state index is -3.61. The Labute approximate surface area is 152 Å². The lowest BCUT2D eigenvalue weighted by molar-refractivity contribution is 0.0962. The summed E-state index contributed by atoms with van der Waals surface area (Å²) in [6, 6.07) is 1.51. The molecule has 0 aromatic carbocycles. The topological polar surface area (TPSA) is 75.7 Å². The van der Waals surface area contributed by atoms with E-state index in [1.807, 2.05) is 4.31 Å². The Hall–Kier alpha value is -0.450. The highest BCUT2D eigenvalue weighted by atomic mass is 32.3. The van der Waals surface area contributed by atoms with Gasteiger partial charge in [0.25, 0.3) is 10.0 Å².